The van der Waals surface area contributed by atoms with Crippen molar-refractivity contribution < 1.29 is 4.74 Å². The molecule has 0 heterocycles. The number of halogens is 1. The molecule has 0 aromatic carbocycles. The predicted octanol–water partition coefficient (Wildman–Crippen LogP) is 6.13. The summed E-state index contributed by atoms with van der Waals surface area (Å²) in [6.45, 7) is 9.01. The molecule has 0 radical (unpaired) electrons. The number of ether oxygens (including phenoxy) is 1. The van der Waals surface area contributed by atoms with E-state index in [0.717, 1.165) is 6.16 Å². The summed E-state index contributed by atoms with van der Waals surface area (Å²) in [6.07, 6.45) is 12.8. The Hall–Kier alpha value is 0.680. The van der Waals surface area contributed by atoms with Crippen LogP contribution in [-0.2, 0) is 4.74 Å². The quantitative estimate of drug-likeness (QED) is 0.394. The zero-order chi connectivity index (χ0) is 14.8. The average molecular weight is 311 g/mol. The van der Waals surface area contributed by atoms with E-state index < -0.39 is 5.96 Å². The van der Waals surface area contributed by atoms with Crippen molar-refractivity contribution in [3.8, 4) is 0 Å². The Balaban J connectivity index is 5.03. The van der Waals surface area contributed by atoms with Gasteiger partial charge in [0, 0.05) is 0 Å². The van der Waals surface area contributed by atoms with Gasteiger partial charge in [-0.25, -0.2) is 0 Å². The molecule has 0 aliphatic rings. The van der Waals surface area contributed by atoms with Crippen LogP contribution in [0.5, 0.6) is 0 Å². The van der Waals surface area contributed by atoms with Crippen LogP contribution in [0.25, 0.3) is 0 Å². The fraction of sp³-hybridized carbons (Fsp3) is 1.00. The van der Waals surface area contributed by atoms with Crippen LogP contribution in [0.1, 0.15) is 66.2 Å². The summed E-state index contributed by atoms with van der Waals surface area (Å²) >= 11 is 7.46. The van der Waals surface area contributed by atoms with Gasteiger partial charge in [0.15, 0.2) is 0 Å². The molecule has 1 unspecified atom stereocenters. The van der Waals surface area contributed by atoms with Crippen LogP contribution in [0.15, 0.2) is 0 Å². The van der Waals surface area contributed by atoms with E-state index in [1.807, 2.05) is 7.11 Å². The Morgan fingerprint density at radius 2 is 1.26 bits per heavy atom. The molecule has 3 heteroatoms. The SMILES string of the molecule is CCCCP(Cl)(CCCC)(CCCC)CC(C)OC. The van der Waals surface area contributed by atoms with Crippen LogP contribution in [-0.4, -0.2) is 37.9 Å². The van der Waals surface area contributed by atoms with Crippen LogP contribution in [0.3, 0.4) is 0 Å². The minimum absolute atomic E-state index is 0.306. The molecule has 0 bridgehead atoms. The number of methoxy groups -OCH3 is 1. The fourth-order valence-corrected chi connectivity index (χ4v) is 10.6. The molecule has 0 spiro atoms. The summed E-state index contributed by atoms with van der Waals surface area (Å²) in [5.41, 5.74) is 0. The van der Waals surface area contributed by atoms with E-state index in [2.05, 4.69) is 27.7 Å². The molecule has 0 amide bonds. The second-order valence-electron chi connectivity index (χ2n) is 6.28. The number of hydrogen-bond acceptors (Lipinski definition) is 1. The van der Waals surface area contributed by atoms with E-state index in [9.17, 15) is 0 Å². The van der Waals surface area contributed by atoms with Crippen LogP contribution < -0.4 is 0 Å². The third kappa shape index (κ3) is 7.30. The van der Waals surface area contributed by atoms with Gasteiger partial charge in [-0.1, -0.05) is 0 Å². The van der Waals surface area contributed by atoms with E-state index in [1.54, 1.807) is 0 Å². The second-order valence-corrected chi connectivity index (χ2v) is 14.5. The van der Waals surface area contributed by atoms with Crippen LogP contribution >= 0.6 is 17.2 Å². The molecule has 1 nitrogen and oxygen atoms in total. The molecule has 0 saturated carbocycles. The third-order valence-corrected chi connectivity index (χ3v) is 12.0. The first-order chi connectivity index (χ1) is 8.93. The Bertz CT molecular complexity index is 208. The van der Waals surface area contributed by atoms with Crippen molar-refractivity contribution in [2.24, 2.45) is 0 Å². The normalized spacial score (nSPS) is 16.0. The molecule has 0 aromatic rings. The van der Waals surface area contributed by atoms with Gasteiger partial charge in [-0.05, 0) is 0 Å². The standard InChI is InChI=1S/C16H36ClOP/c1-6-9-12-19(17,13-10-7-2,14-11-8-3)15-16(4)18-5/h16H,6-15H2,1-5H3. The zero-order valence-corrected chi connectivity index (χ0v) is 15.5. The molecule has 0 rings (SSSR count). The van der Waals surface area contributed by atoms with E-state index in [1.165, 1.54) is 57.0 Å². The third-order valence-electron chi connectivity index (χ3n) is 4.33. The molecule has 0 aromatic heterocycles. The Kier molecular flexibility index (Phi) is 9.93. The second kappa shape index (κ2) is 9.59. The first-order valence-electron chi connectivity index (χ1n) is 8.18. The molecule has 0 N–H and O–H groups in total. The van der Waals surface area contributed by atoms with Gasteiger partial charge in [0.05, 0.1) is 0 Å². The molecule has 0 aliphatic carbocycles. The van der Waals surface area contributed by atoms with Gasteiger partial charge in [-0.3, -0.25) is 0 Å². The number of unbranched alkanes of at least 4 members (excludes halogenated alkanes) is 3. The van der Waals surface area contributed by atoms with Crippen LogP contribution in [0, 0.1) is 0 Å². The molecule has 0 fully saturated rings. The summed E-state index contributed by atoms with van der Waals surface area (Å²) in [5.74, 6) is -2.08. The summed E-state index contributed by atoms with van der Waals surface area (Å²) in [4.78, 5) is 0. The van der Waals surface area contributed by atoms with Gasteiger partial charge in [0.25, 0.3) is 0 Å². The van der Waals surface area contributed by atoms with Crippen molar-refractivity contribution in [1.29, 1.82) is 0 Å². The van der Waals surface area contributed by atoms with Crippen molar-refractivity contribution >= 4 is 17.2 Å². The topological polar surface area (TPSA) is 9.23 Å². The molecule has 1 atom stereocenters. The van der Waals surface area contributed by atoms with Gasteiger partial charge < -0.3 is 0 Å². The van der Waals surface area contributed by atoms with E-state index in [4.69, 9.17) is 16.0 Å². The van der Waals surface area contributed by atoms with Crippen LogP contribution in [0.4, 0.5) is 0 Å². The zero-order valence-electron chi connectivity index (χ0n) is 13.9. The van der Waals surface area contributed by atoms with Gasteiger partial charge >= 0.3 is 126 Å². The minimum atomic E-state index is -2.08. The van der Waals surface area contributed by atoms with Gasteiger partial charge in [0.2, 0.25) is 0 Å². The first-order valence-corrected chi connectivity index (χ1v) is 12.1. The Morgan fingerprint density at radius 1 is 0.895 bits per heavy atom. The summed E-state index contributed by atoms with van der Waals surface area (Å²) < 4.78 is 5.56. The van der Waals surface area contributed by atoms with E-state index >= 15 is 0 Å². The Labute approximate surface area is 126 Å². The average Bonchev–Trinajstić information content (AvgIpc) is 2.41. The maximum absolute atomic E-state index is 7.46. The van der Waals surface area contributed by atoms with E-state index in [0.29, 0.717) is 6.10 Å². The molecular formula is C16H36ClOP. The fourth-order valence-electron chi connectivity index (χ4n) is 2.99. The molecule has 19 heavy (non-hydrogen) atoms. The van der Waals surface area contributed by atoms with E-state index in [-0.39, 0.29) is 0 Å². The molecule has 118 valence electrons. The van der Waals surface area contributed by atoms with Crippen molar-refractivity contribution in [3.63, 3.8) is 0 Å². The van der Waals surface area contributed by atoms with Crippen molar-refractivity contribution in [1.82, 2.24) is 0 Å². The van der Waals surface area contributed by atoms with Crippen molar-refractivity contribution in [2.45, 2.75) is 72.3 Å². The molecule has 0 saturated heterocycles. The number of rotatable bonds is 12. The van der Waals surface area contributed by atoms with Gasteiger partial charge in [0.1, 0.15) is 0 Å². The van der Waals surface area contributed by atoms with Gasteiger partial charge in [-0.15, -0.1) is 0 Å². The summed E-state index contributed by atoms with van der Waals surface area (Å²) in [5, 5.41) is 0. The van der Waals surface area contributed by atoms with Crippen molar-refractivity contribution in [2.75, 3.05) is 31.8 Å². The summed E-state index contributed by atoms with van der Waals surface area (Å²) in [7, 11) is 1.82. The molecule has 0 aliphatic heterocycles. The summed E-state index contributed by atoms with van der Waals surface area (Å²) in [6, 6.07) is 0. The molecular weight excluding hydrogens is 275 g/mol. The maximum atomic E-state index is 7.46. The number of hydrogen-bond donors (Lipinski definition) is 0. The predicted molar refractivity (Wildman–Crippen MR) is 93.4 cm³/mol. The van der Waals surface area contributed by atoms with Gasteiger partial charge in [-0.2, -0.15) is 0 Å². The van der Waals surface area contributed by atoms with Crippen molar-refractivity contribution in [3.05, 3.63) is 0 Å². The monoisotopic (exact) mass is 310 g/mol. The Morgan fingerprint density at radius 3 is 1.53 bits per heavy atom. The van der Waals surface area contributed by atoms with Crippen LogP contribution in [0.2, 0.25) is 0 Å². The first kappa shape index (κ1) is 19.7.